The van der Waals surface area contributed by atoms with Crippen LogP contribution in [0.3, 0.4) is 0 Å². The Morgan fingerprint density at radius 1 is 1.32 bits per heavy atom. The fraction of sp³-hybridized carbons (Fsp3) is 0.389. The number of nitrogens with one attached hydrogen (secondary N) is 2. The molecule has 0 unspecified atom stereocenters. The Labute approximate surface area is 152 Å². The molecule has 0 atom stereocenters. The number of piperidine rings is 1. The first kappa shape index (κ1) is 17.6. The molecule has 1 saturated heterocycles. The van der Waals surface area contributed by atoms with Crippen molar-refractivity contribution in [1.82, 2.24) is 15.3 Å². The fourth-order valence-electron chi connectivity index (χ4n) is 3.01. The fourth-order valence-corrected chi connectivity index (χ4v) is 3.24. The average Bonchev–Trinajstić information content (AvgIpc) is 2.62. The molecular formula is C18H23ClN6. The molecule has 2 aromatic rings. The summed E-state index contributed by atoms with van der Waals surface area (Å²) in [6.07, 6.45) is 3.75. The van der Waals surface area contributed by atoms with Crippen molar-refractivity contribution in [3.8, 4) is 0 Å². The van der Waals surface area contributed by atoms with E-state index < -0.39 is 0 Å². The van der Waals surface area contributed by atoms with E-state index in [-0.39, 0.29) is 17.1 Å². The van der Waals surface area contributed by atoms with E-state index in [4.69, 9.17) is 22.7 Å². The van der Waals surface area contributed by atoms with Crippen LogP contribution in [0.25, 0.3) is 0 Å². The molecule has 2 heterocycles. The van der Waals surface area contributed by atoms with E-state index in [9.17, 15) is 0 Å². The van der Waals surface area contributed by atoms with E-state index in [1.807, 2.05) is 19.2 Å². The molecule has 1 aromatic carbocycles. The van der Waals surface area contributed by atoms with Crippen LogP contribution in [0.1, 0.15) is 31.0 Å². The van der Waals surface area contributed by atoms with E-state index in [1.54, 1.807) is 18.3 Å². The lowest BCUT2D eigenvalue weighted by Gasteiger charge is -2.39. The first-order chi connectivity index (χ1) is 11.9. The minimum absolute atomic E-state index is 0.168. The Kier molecular flexibility index (Phi) is 4.92. The van der Waals surface area contributed by atoms with Gasteiger partial charge in [-0.2, -0.15) is 0 Å². The van der Waals surface area contributed by atoms with Gasteiger partial charge in [0, 0.05) is 24.2 Å². The van der Waals surface area contributed by atoms with E-state index in [2.05, 4.69) is 27.1 Å². The van der Waals surface area contributed by atoms with Gasteiger partial charge in [0.2, 0.25) is 0 Å². The number of halogens is 1. The molecule has 0 aliphatic carbocycles. The van der Waals surface area contributed by atoms with Crippen molar-refractivity contribution in [1.29, 1.82) is 5.41 Å². The second kappa shape index (κ2) is 6.98. The molecular weight excluding hydrogens is 336 g/mol. The maximum absolute atomic E-state index is 8.36. The van der Waals surface area contributed by atoms with E-state index in [0.717, 1.165) is 31.7 Å². The zero-order chi connectivity index (χ0) is 18.0. The number of nitrogens with zero attached hydrogens (tertiary/aromatic N) is 3. The van der Waals surface area contributed by atoms with Gasteiger partial charge in [-0.05, 0) is 32.9 Å². The molecule has 1 fully saturated rings. The van der Waals surface area contributed by atoms with Crippen LogP contribution < -0.4 is 16.0 Å². The molecule has 7 heteroatoms. The van der Waals surface area contributed by atoms with Crippen LogP contribution in [-0.4, -0.2) is 41.4 Å². The van der Waals surface area contributed by atoms with Gasteiger partial charge in [0.05, 0.1) is 16.9 Å². The molecule has 4 N–H and O–H groups in total. The normalized spacial score (nSPS) is 16.7. The molecule has 0 radical (unpaired) electrons. The van der Waals surface area contributed by atoms with Crippen LogP contribution >= 0.6 is 11.6 Å². The summed E-state index contributed by atoms with van der Waals surface area (Å²) in [6, 6.07) is 7.19. The highest BCUT2D eigenvalue weighted by atomic mass is 35.5. The monoisotopic (exact) mass is 358 g/mol. The molecule has 0 amide bonds. The van der Waals surface area contributed by atoms with Crippen LogP contribution in [0.15, 0.2) is 30.5 Å². The van der Waals surface area contributed by atoms with Crippen LogP contribution in [0.4, 0.5) is 11.6 Å². The second-order valence-electron chi connectivity index (χ2n) is 6.61. The largest absolute Gasteiger partial charge is 0.382 e. The summed E-state index contributed by atoms with van der Waals surface area (Å²) in [7, 11) is 2.00. The van der Waals surface area contributed by atoms with Gasteiger partial charge in [-0.3, -0.25) is 5.41 Å². The summed E-state index contributed by atoms with van der Waals surface area (Å²) in [6.45, 7) is 4.03. The molecule has 1 aromatic heterocycles. The van der Waals surface area contributed by atoms with E-state index in [1.165, 1.54) is 0 Å². The Hall–Kier alpha value is -2.18. The molecule has 3 rings (SSSR count). The zero-order valence-electron chi connectivity index (χ0n) is 14.5. The molecule has 1 aliphatic heterocycles. The molecule has 0 bridgehead atoms. The highest BCUT2D eigenvalue weighted by Crippen LogP contribution is 2.26. The maximum atomic E-state index is 8.36. The quantitative estimate of drug-likeness (QED) is 0.731. The molecule has 0 spiro atoms. The molecule has 1 aliphatic rings. The van der Waals surface area contributed by atoms with Crippen LogP contribution in [0, 0.1) is 5.41 Å². The summed E-state index contributed by atoms with van der Waals surface area (Å²) in [5.41, 5.74) is 7.40. The van der Waals surface area contributed by atoms with Crippen molar-refractivity contribution in [2.24, 2.45) is 0 Å². The smallest absolute Gasteiger partial charge is 0.154 e. The number of nitrogens with two attached hydrogens (primary N) is 1. The number of rotatable bonds is 4. The number of nitrogen functional groups attached to an aromatic ring is 1. The Balaban J connectivity index is 1.80. The van der Waals surface area contributed by atoms with Gasteiger partial charge in [-0.1, -0.05) is 29.8 Å². The van der Waals surface area contributed by atoms with Crippen molar-refractivity contribution in [2.45, 2.75) is 25.3 Å². The Morgan fingerprint density at radius 2 is 2.00 bits per heavy atom. The maximum Gasteiger partial charge on any atom is 0.154 e. The minimum Gasteiger partial charge on any atom is -0.382 e. The van der Waals surface area contributed by atoms with Gasteiger partial charge in [0.1, 0.15) is 11.5 Å². The highest BCUT2D eigenvalue weighted by molar-refractivity contribution is 6.35. The summed E-state index contributed by atoms with van der Waals surface area (Å²) in [4.78, 5) is 11.1. The predicted molar refractivity (Wildman–Crippen MR) is 103 cm³/mol. The topological polar surface area (TPSA) is 90.9 Å². The third kappa shape index (κ3) is 3.60. The Morgan fingerprint density at radius 3 is 2.60 bits per heavy atom. The van der Waals surface area contributed by atoms with Gasteiger partial charge in [-0.25, -0.2) is 9.97 Å². The van der Waals surface area contributed by atoms with Gasteiger partial charge in [0.25, 0.3) is 0 Å². The van der Waals surface area contributed by atoms with Crippen molar-refractivity contribution >= 4 is 28.9 Å². The molecule has 25 heavy (non-hydrogen) atoms. The predicted octanol–water partition coefficient (Wildman–Crippen LogP) is 2.71. The number of hydrogen-bond acceptors (Lipinski definition) is 6. The van der Waals surface area contributed by atoms with Gasteiger partial charge in [0.15, 0.2) is 5.82 Å². The zero-order valence-corrected chi connectivity index (χ0v) is 15.3. The SMILES string of the molecule is CNC1(C)CCN(c2cnc(C(=N)c3ccccc3Cl)c(N)n2)CC1. The molecule has 132 valence electrons. The third-order valence-corrected chi connectivity index (χ3v) is 5.29. The highest BCUT2D eigenvalue weighted by Gasteiger charge is 2.29. The summed E-state index contributed by atoms with van der Waals surface area (Å²) in [5, 5.41) is 12.2. The standard InChI is InChI=1S/C18H23ClN6/c1-18(22-2)7-9-25(10-8-18)14-11-23-16(17(21)24-14)15(20)12-5-3-4-6-13(12)19/h3-6,11,20,22H,7-10H2,1-2H3,(H2,21,24). The van der Waals surface area contributed by atoms with Crippen LogP contribution in [0.5, 0.6) is 0 Å². The number of anilines is 2. The third-order valence-electron chi connectivity index (χ3n) is 4.96. The van der Waals surface area contributed by atoms with E-state index in [0.29, 0.717) is 16.3 Å². The van der Waals surface area contributed by atoms with Crippen molar-refractivity contribution in [3.05, 3.63) is 46.7 Å². The second-order valence-corrected chi connectivity index (χ2v) is 7.02. The lowest BCUT2D eigenvalue weighted by Crippen LogP contribution is -2.50. The molecule has 6 nitrogen and oxygen atoms in total. The summed E-state index contributed by atoms with van der Waals surface area (Å²) in [5.74, 6) is 1.01. The van der Waals surface area contributed by atoms with Gasteiger partial charge in [-0.15, -0.1) is 0 Å². The Bertz CT molecular complexity index is 783. The summed E-state index contributed by atoms with van der Waals surface area (Å²) >= 11 is 6.17. The first-order valence-corrected chi connectivity index (χ1v) is 8.71. The van der Waals surface area contributed by atoms with E-state index >= 15 is 0 Å². The lowest BCUT2D eigenvalue weighted by molar-refractivity contribution is 0.304. The van der Waals surface area contributed by atoms with Gasteiger partial charge >= 0.3 is 0 Å². The number of hydrogen-bond donors (Lipinski definition) is 3. The average molecular weight is 359 g/mol. The first-order valence-electron chi connectivity index (χ1n) is 8.34. The summed E-state index contributed by atoms with van der Waals surface area (Å²) < 4.78 is 0. The molecule has 0 saturated carbocycles. The number of benzene rings is 1. The van der Waals surface area contributed by atoms with Gasteiger partial charge < -0.3 is 16.0 Å². The minimum atomic E-state index is 0.168. The van der Waals surface area contributed by atoms with Crippen molar-refractivity contribution in [2.75, 3.05) is 30.8 Å². The van der Waals surface area contributed by atoms with Crippen molar-refractivity contribution < 1.29 is 0 Å². The number of aromatic nitrogens is 2. The lowest BCUT2D eigenvalue weighted by atomic mass is 9.90. The van der Waals surface area contributed by atoms with Crippen LogP contribution in [0.2, 0.25) is 5.02 Å². The van der Waals surface area contributed by atoms with Crippen LogP contribution in [-0.2, 0) is 0 Å². The van der Waals surface area contributed by atoms with Crippen molar-refractivity contribution in [3.63, 3.8) is 0 Å².